The molecular formula is C25H36IN5O. The number of likely N-dealkylation sites (tertiary alicyclic amines) is 1. The molecule has 1 fully saturated rings. The summed E-state index contributed by atoms with van der Waals surface area (Å²) >= 11 is 0. The highest BCUT2D eigenvalue weighted by atomic mass is 127. The third-order valence-electron chi connectivity index (χ3n) is 6.00. The highest BCUT2D eigenvalue weighted by Gasteiger charge is 2.23. The number of rotatable bonds is 7. The van der Waals surface area contributed by atoms with Crippen molar-refractivity contribution in [2.45, 2.75) is 45.8 Å². The molecule has 174 valence electrons. The number of aliphatic imine (C=N–C) groups is 1. The highest BCUT2D eigenvalue weighted by molar-refractivity contribution is 14.0. The van der Waals surface area contributed by atoms with Gasteiger partial charge in [0.25, 0.3) is 0 Å². The number of primary amides is 1. The first-order valence-corrected chi connectivity index (χ1v) is 11.1. The third-order valence-corrected chi connectivity index (χ3v) is 6.00. The lowest BCUT2D eigenvalue weighted by molar-refractivity contribution is -0.123. The number of amides is 1. The number of benzene rings is 2. The van der Waals surface area contributed by atoms with E-state index in [1.165, 1.54) is 22.3 Å². The molecule has 6 nitrogen and oxygen atoms in total. The largest absolute Gasteiger partial charge is 0.369 e. The van der Waals surface area contributed by atoms with Gasteiger partial charge in [-0.1, -0.05) is 48.5 Å². The van der Waals surface area contributed by atoms with Gasteiger partial charge in [-0.2, -0.15) is 0 Å². The van der Waals surface area contributed by atoms with Crippen molar-refractivity contribution in [3.63, 3.8) is 0 Å². The van der Waals surface area contributed by atoms with E-state index in [2.05, 4.69) is 82.9 Å². The minimum absolute atomic E-state index is 0. The molecule has 1 heterocycles. The first kappa shape index (κ1) is 26.1. The standard InChI is InChI=1S/C25H35N5O.HI/c1-18-8-4-5-12-23(18)19(2)29-25(27-3)28-15-20-9-6-10-21(14-20)16-30-13-7-11-22(17-30)24(26)31;/h4-6,8-10,12,14,19,22H,7,11,13,15-17H2,1-3H3,(H2,26,31)(H2,27,28,29);1H. The SMILES string of the molecule is CN=C(NCc1cccc(CN2CCCC(C(N)=O)C2)c1)NC(C)c1ccccc1C.I. The lowest BCUT2D eigenvalue weighted by Gasteiger charge is -2.31. The zero-order chi connectivity index (χ0) is 22.2. The van der Waals surface area contributed by atoms with Crippen LogP contribution in [0, 0.1) is 12.8 Å². The number of carbonyl (C=O) groups is 1. The van der Waals surface area contributed by atoms with Gasteiger partial charge in [0.15, 0.2) is 5.96 Å². The topological polar surface area (TPSA) is 82.8 Å². The fourth-order valence-corrected chi connectivity index (χ4v) is 4.26. The summed E-state index contributed by atoms with van der Waals surface area (Å²) in [7, 11) is 1.79. The van der Waals surface area contributed by atoms with Crippen LogP contribution in [0.3, 0.4) is 0 Å². The Hall–Kier alpha value is -2.13. The summed E-state index contributed by atoms with van der Waals surface area (Å²) in [5.74, 6) is 0.575. The van der Waals surface area contributed by atoms with Gasteiger partial charge in [0.1, 0.15) is 0 Å². The molecule has 0 spiro atoms. The maximum atomic E-state index is 11.5. The van der Waals surface area contributed by atoms with Crippen molar-refractivity contribution in [3.05, 3.63) is 70.8 Å². The molecule has 3 rings (SSSR count). The number of nitrogens with one attached hydrogen (secondary N) is 2. The molecule has 2 aromatic rings. The quantitative estimate of drug-likeness (QED) is 0.279. The Balaban J connectivity index is 0.00000363. The maximum absolute atomic E-state index is 11.5. The van der Waals surface area contributed by atoms with Crippen molar-refractivity contribution >= 4 is 35.8 Å². The Morgan fingerprint density at radius 3 is 2.69 bits per heavy atom. The smallest absolute Gasteiger partial charge is 0.221 e. The van der Waals surface area contributed by atoms with Crippen LogP contribution in [0.1, 0.15) is 48.1 Å². The molecule has 4 N–H and O–H groups in total. The molecule has 0 bridgehead atoms. The number of halogens is 1. The minimum Gasteiger partial charge on any atom is -0.369 e. The second-order valence-electron chi connectivity index (χ2n) is 8.44. The van der Waals surface area contributed by atoms with Crippen molar-refractivity contribution < 1.29 is 4.79 Å². The van der Waals surface area contributed by atoms with Crippen LogP contribution in [0.15, 0.2) is 53.5 Å². The van der Waals surface area contributed by atoms with Gasteiger partial charge in [0.2, 0.25) is 5.91 Å². The summed E-state index contributed by atoms with van der Waals surface area (Å²) in [5, 5.41) is 6.90. The van der Waals surface area contributed by atoms with Crippen LogP contribution in [0.2, 0.25) is 0 Å². The van der Waals surface area contributed by atoms with E-state index in [1.807, 2.05) is 0 Å². The molecule has 2 atom stereocenters. The Morgan fingerprint density at radius 2 is 1.97 bits per heavy atom. The lowest BCUT2D eigenvalue weighted by atomic mass is 9.97. The summed E-state index contributed by atoms with van der Waals surface area (Å²) in [6.45, 7) is 7.58. The van der Waals surface area contributed by atoms with E-state index >= 15 is 0 Å². The average molecular weight is 550 g/mol. The number of nitrogens with two attached hydrogens (primary N) is 1. The molecule has 1 aliphatic heterocycles. The summed E-state index contributed by atoms with van der Waals surface area (Å²) < 4.78 is 0. The molecule has 1 amide bonds. The Kier molecular flexibility index (Phi) is 10.4. The van der Waals surface area contributed by atoms with E-state index in [4.69, 9.17) is 5.73 Å². The summed E-state index contributed by atoms with van der Waals surface area (Å²) in [5.41, 5.74) is 10.5. The summed E-state index contributed by atoms with van der Waals surface area (Å²) in [4.78, 5) is 18.3. The van der Waals surface area contributed by atoms with Gasteiger partial charge in [-0.05, 0) is 55.5 Å². The molecular weight excluding hydrogens is 513 g/mol. The van der Waals surface area contributed by atoms with Gasteiger partial charge in [-0.3, -0.25) is 14.7 Å². The number of nitrogens with zero attached hydrogens (tertiary/aromatic N) is 2. The number of hydrogen-bond acceptors (Lipinski definition) is 3. The van der Waals surface area contributed by atoms with Crippen molar-refractivity contribution in [1.82, 2.24) is 15.5 Å². The second kappa shape index (κ2) is 12.8. The molecule has 0 saturated carbocycles. The normalized spacial score (nSPS) is 17.8. The van der Waals surface area contributed by atoms with Gasteiger partial charge in [0, 0.05) is 26.7 Å². The van der Waals surface area contributed by atoms with Crippen LogP contribution < -0.4 is 16.4 Å². The fourth-order valence-electron chi connectivity index (χ4n) is 4.26. The summed E-state index contributed by atoms with van der Waals surface area (Å²) in [6.07, 6.45) is 1.93. The van der Waals surface area contributed by atoms with Gasteiger partial charge in [-0.25, -0.2) is 0 Å². The lowest BCUT2D eigenvalue weighted by Crippen LogP contribution is -2.40. The van der Waals surface area contributed by atoms with Crippen LogP contribution >= 0.6 is 24.0 Å². The van der Waals surface area contributed by atoms with Gasteiger partial charge >= 0.3 is 0 Å². The number of carbonyl (C=O) groups excluding carboxylic acids is 1. The predicted molar refractivity (Wildman–Crippen MR) is 142 cm³/mol. The monoisotopic (exact) mass is 549 g/mol. The molecule has 1 aliphatic rings. The maximum Gasteiger partial charge on any atom is 0.221 e. The Labute approximate surface area is 209 Å². The molecule has 0 aromatic heterocycles. The van der Waals surface area contributed by atoms with Crippen LogP contribution in [-0.4, -0.2) is 36.9 Å². The number of guanidine groups is 1. The second-order valence-corrected chi connectivity index (χ2v) is 8.44. The predicted octanol–water partition coefficient (Wildman–Crippen LogP) is 3.74. The molecule has 7 heteroatoms. The van der Waals surface area contributed by atoms with Crippen molar-refractivity contribution in [2.75, 3.05) is 20.1 Å². The number of piperidine rings is 1. The van der Waals surface area contributed by atoms with Crippen LogP contribution in [0.4, 0.5) is 0 Å². The number of hydrogen-bond donors (Lipinski definition) is 3. The average Bonchev–Trinajstić information content (AvgIpc) is 2.77. The van der Waals surface area contributed by atoms with Crippen LogP contribution in [0.5, 0.6) is 0 Å². The zero-order valence-corrected chi connectivity index (χ0v) is 21.6. The van der Waals surface area contributed by atoms with Crippen LogP contribution in [0.25, 0.3) is 0 Å². The first-order chi connectivity index (χ1) is 15.0. The van der Waals surface area contributed by atoms with E-state index in [-0.39, 0.29) is 41.8 Å². The molecule has 2 unspecified atom stereocenters. The summed E-state index contributed by atoms with van der Waals surface area (Å²) in [6, 6.07) is 17.1. The van der Waals surface area contributed by atoms with Gasteiger partial charge in [-0.15, -0.1) is 24.0 Å². The van der Waals surface area contributed by atoms with Gasteiger partial charge < -0.3 is 16.4 Å². The molecule has 32 heavy (non-hydrogen) atoms. The first-order valence-electron chi connectivity index (χ1n) is 11.1. The van der Waals surface area contributed by atoms with Crippen molar-refractivity contribution in [1.29, 1.82) is 0 Å². The Morgan fingerprint density at radius 1 is 1.22 bits per heavy atom. The third kappa shape index (κ3) is 7.48. The van der Waals surface area contributed by atoms with E-state index in [0.717, 1.165) is 38.4 Å². The molecule has 0 aliphatic carbocycles. The van der Waals surface area contributed by atoms with E-state index in [9.17, 15) is 4.79 Å². The Bertz CT molecular complexity index is 917. The highest BCUT2D eigenvalue weighted by Crippen LogP contribution is 2.19. The van der Waals surface area contributed by atoms with E-state index in [1.54, 1.807) is 7.05 Å². The molecule has 0 radical (unpaired) electrons. The minimum atomic E-state index is -0.179. The zero-order valence-electron chi connectivity index (χ0n) is 19.3. The molecule has 1 saturated heterocycles. The van der Waals surface area contributed by atoms with E-state index in [0.29, 0.717) is 6.54 Å². The number of aryl methyl sites for hydroxylation is 1. The van der Waals surface area contributed by atoms with Gasteiger partial charge in [0.05, 0.1) is 12.0 Å². The van der Waals surface area contributed by atoms with E-state index < -0.39 is 0 Å². The van der Waals surface area contributed by atoms with Crippen LogP contribution in [-0.2, 0) is 17.9 Å². The van der Waals surface area contributed by atoms with Crippen molar-refractivity contribution in [2.24, 2.45) is 16.6 Å². The van der Waals surface area contributed by atoms with Crippen molar-refractivity contribution in [3.8, 4) is 0 Å². The fraction of sp³-hybridized carbons (Fsp3) is 0.440. The molecule has 2 aromatic carbocycles.